The van der Waals surface area contributed by atoms with Crippen molar-refractivity contribution in [3.8, 4) is 0 Å². The maximum absolute atomic E-state index is 12.9. The minimum absolute atomic E-state index is 0.0173. The van der Waals surface area contributed by atoms with Gasteiger partial charge in [0.2, 0.25) is 0 Å². The molecule has 7 atom stereocenters. The van der Waals surface area contributed by atoms with Gasteiger partial charge in [-0.25, -0.2) is 0 Å². The largest absolute Gasteiger partial charge is 0.458 e. The van der Waals surface area contributed by atoms with Crippen LogP contribution in [0, 0.1) is 28.6 Å². The minimum Gasteiger partial charge on any atom is -0.458 e. The molecule has 0 radical (unpaired) electrons. The number of ketones is 1. The summed E-state index contributed by atoms with van der Waals surface area (Å²) in [4.78, 5) is 36.3. The molecule has 0 amide bonds. The second-order valence-corrected chi connectivity index (χ2v) is 10.8. The molecule has 170 valence electrons. The molecule has 0 heterocycles. The van der Waals surface area contributed by atoms with Gasteiger partial charge in [0.1, 0.15) is 6.10 Å². The van der Waals surface area contributed by atoms with E-state index in [-0.39, 0.29) is 34.7 Å². The zero-order chi connectivity index (χ0) is 22.8. The van der Waals surface area contributed by atoms with Gasteiger partial charge in [-0.1, -0.05) is 25.5 Å². The Kier molecular flexibility index (Phi) is 5.26. The molecule has 4 rings (SSSR count). The fourth-order valence-corrected chi connectivity index (χ4v) is 7.92. The van der Waals surface area contributed by atoms with E-state index in [4.69, 9.17) is 9.47 Å². The molecular weight excluding hydrogens is 392 g/mol. The quantitative estimate of drug-likeness (QED) is 0.596. The summed E-state index contributed by atoms with van der Waals surface area (Å²) in [5.74, 6) is 0.550. The third-order valence-corrected chi connectivity index (χ3v) is 9.26. The lowest BCUT2D eigenvalue weighted by molar-refractivity contribution is -0.185. The van der Waals surface area contributed by atoms with Gasteiger partial charge in [-0.15, -0.1) is 0 Å². The summed E-state index contributed by atoms with van der Waals surface area (Å²) in [6, 6.07) is 0. The lowest BCUT2D eigenvalue weighted by atomic mass is 9.47. The van der Waals surface area contributed by atoms with Gasteiger partial charge in [-0.05, 0) is 87.2 Å². The van der Waals surface area contributed by atoms with Gasteiger partial charge in [0.05, 0.1) is 0 Å². The molecule has 0 saturated heterocycles. The monoisotopic (exact) mass is 428 g/mol. The SMILES string of the molecule is CC(=O)O[C@@H]1C=C2C(C)=C[C@@H]3[C@@H](CC[C@@]4(C)[C@H]3CC[C@@]4(OC(C)=O)C(C)=O)[C@@]2(C)CC1. The van der Waals surface area contributed by atoms with Crippen LogP contribution in [0.4, 0.5) is 0 Å². The van der Waals surface area contributed by atoms with Crippen molar-refractivity contribution < 1.29 is 23.9 Å². The first-order valence-corrected chi connectivity index (χ1v) is 11.7. The van der Waals surface area contributed by atoms with Crippen LogP contribution in [-0.4, -0.2) is 29.4 Å². The summed E-state index contributed by atoms with van der Waals surface area (Å²) in [6.45, 7) is 11.2. The average molecular weight is 429 g/mol. The molecule has 5 heteroatoms. The smallest absolute Gasteiger partial charge is 0.303 e. The summed E-state index contributed by atoms with van der Waals surface area (Å²) < 4.78 is 11.4. The molecule has 0 aromatic heterocycles. The topological polar surface area (TPSA) is 69.7 Å². The number of allylic oxidation sites excluding steroid dienone is 3. The molecule has 0 aromatic carbocycles. The van der Waals surface area contributed by atoms with Crippen LogP contribution in [0.2, 0.25) is 0 Å². The highest BCUT2D eigenvalue weighted by Gasteiger charge is 2.67. The van der Waals surface area contributed by atoms with Gasteiger partial charge in [0, 0.05) is 19.3 Å². The number of carbonyl (C=O) groups excluding carboxylic acids is 3. The third-order valence-electron chi connectivity index (χ3n) is 9.26. The van der Waals surface area contributed by atoms with E-state index < -0.39 is 5.60 Å². The van der Waals surface area contributed by atoms with Crippen LogP contribution in [-0.2, 0) is 23.9 Å². The minimum atomic E-state index is -1.000. The normalized spacial score (nSPS) is 43.5. The molecule has 0 bridgehead atoms. The fraction of sp³-hybridized carbons (Fsp3) is 0.731. The van der Waals surface area contributed by atoms with Crippen molar-refractivity contribution in [2.75, 3.05) is 0 Å². The van der Waals surface area contributed by atoms with Crippen molar-refractivity contribution in [3.63, 3.8) is 0 Å². The summed E-state index contributed by atoms with van der Waals surface area (Å²) in [5.41, 5.74) is 1.29. The zero-order valence-electron chi connectivity index (χ0n) is 19.7. The highest BCUT2D eigenvalue weighted by Crippen LogP contribution is 2.68. The Morgan fingerprint density at radius 2 is 1.58 bits per heavy atom. The molecule has 0 unspecified atom stereocenters. The molecule has 0 aromatic rings. The highest BCUT2D eigenvalue weighted by atomic mass is 16.6. The molecular formula is C26H36O5. The number of Topliss-reactive ketones (excluding diaryl/α,β-unsaturated/α-hetero) is 1. The first-order chi connectivity index (χ1) is 14.4. The average Bonchev–Trinajstić information content (AvgIpc) is 2.96. The molecule has 0 N–H and O–H groups in total. The number of esters is 2. The second-order valence-electron chi connectivity index (χ2n) is 10.8. The first-order valence-electron chi connectivity index (χ1n) is 11.7. The lowest BCUT2D eigenvalue weighted by Gasteiger charge is -2.58. The van der Waals surface area contributed by atoms with Crippen LogP contribution in [0.15, 0.2) is 23.3 Å². The maximum atomic E-state index is 12.9. The van der Waals surface area contributed by atoms with Gasteiger partial charge in [-0.3, -0.25) is 14.4 Å². The Morgan fingerprint density at radius 1 is 0.903 bits per heavy atom. The Balaban J connectivity index is 1.73. The van der Waals surface area contributed by atoms with E-state index in [0.717, 1.165) is 32.1 Å². The van der Waals surface area contributed by atoms with Gasteiger partial charge in [0.15, 0.2) is 11.4 Å². The van der Waals surface area contributed by atoms with Crippen molar-refractivity contribution in [2.24, 2.45) is 28.6 Å². The number of fused-ring (bicyclic) bond motifs is 5. The van der Waals surface area contributed by atoms with Crippen molar-refractivity contribution >= 4 is 17.7 Å². The first kappa shape index (κ1) is 22.3. The Morgan fingerprint density at radius 3 is 2.19 bits per heavy atom. The van der Waals surface area contributed by atoms with E-state index in [1.54, 1.807) is 6.92 Å². The molecule has 31 heavy (non-hydrogen) atoms. The molecule has 2 saturated carbocycles. The summed E-state index contributed by atoms with van der Waals surface area (Å²) in [6.07, 6.45) is 9.69. The number of carbonyl (C=O) groups is 3. The standard InChI is InChI=1S/C26H36O5/c1-15-13-20-21(24(5)10-7-19(14-23(15)24)30-17(3)28)8-11-25(6)22(20)9-12-26(25,16(2)27)31-18(4)29/h13-14,19-22H,7-12H2,1-6H3/t19-,20+,21+,22-,24+,25-,26+/m0/s1. The zero-order valence-corrected chi connectivity index (χ0v) is 19.7. The Bertz CT molecular complexity index is 884. The van der Waals surface area contributed by atoms with Crippen molar-refractivity contribution in [3.05, 3.63) is 23.3 Å². The van der Waals surface area contributed by atoms with Crippen LogP contribution in [0.5, 0.6) is 0 Å². The summed E-state index contributed by atoms with van der Waals surface area (Å²) >= 11 is 0. The molecule has 4 aliphatic carbocycles. The van der Waals surface area contributed by atoms with E-state index in [1.165, 1.54) is 25.0 Å². The van der Waals surface area contributed by atoms with Crippen molar-refractivity contribution in [1.29, 1.82) is 0 Å². The second kappa shape index (κ2) is 7.31. The number of rotatable bonds is 3. The molecule has 0 spiro atoms. The third kappa shape index (κ3) is 3.14. The van der Waals surface area contributed by atoms with Gasteiger partial charge < -0.3 is 9.47 Å². The van der Waals surface area contributed by atoms with Crippen LogP contribution in [0.3, 0.4) is 0 Å². The van der Waals surface area contributed by atoms with E-state index in [2.05, 4.69) is 32.9 Å². The molecule has 2 fully saturated rings. The Hall–Kier alpha value is -1.91. The van der Waals surface area contributed by atoms with E-state index in [9.17, 15) is 14.4 Å². The predicted molar refractivity (Wildman–Crippen MR) is 117 cm³/mol. The molecule has 5 nitrogen and oxygen atoms in total. The van der Waals surface area contributed by atoms with Crippen LogP contribution in [0.25, 0.3) is 0 Å². The lowest BCUT2D eigenvalue weighted by Crippen LogP contribution is -2.58. The number of ether oxygens (including phenoxy) is 2. The number of hydrogen-bond acceptors (Lipinski definition) is 5. The van der Waals surface area contributed by atoms with Crippen LogP contribution >= 0.6 is 0 Å². The molecule has 0 aliphatic heterocycles. The van der Waals surface area contributed by atoms with Crippen molar-refractivity contribution in [2.45, 2.75) is 91.8 Å². The van der Waals surface area contributed by atoms with Gasteiger partial charge in [-0.2, -0.15) is 0 Å². The predicted octanol–water partition coefficient (Wildman–Crippen LogP) is 4.94. The van der Waals surface area contributed by atoms with Gasteiger partial charge >= 0.3 is 11.9 Å². The van der Waals surface area contributed by atoms with E-state index >= 15 is 0 Å². The van der Waals surface area contributed by atoms with Crippen molar-refractivity contribution in [1.82, 2.24) is 0 Å². The summed E-state index contributed by atoms with van der Waals surface area (Å²) in [7, 11) is 0. The van der Waals surface area contributed by atoms with E-state index in [0.29, 0.717) is 24.2 Å². The summed E-state index contributed by atoms with van der Waals surface area (Å²) in [5, 5.41) is 0. The van der Waals surface area contributed by atoms with E-state index in [1.807, 2.05) is 0 Å². The van der Waals surface area contributed by atoms with Crippen LogP contribution < -0.4 is 0 Å². The highest BCUT2D eigenvalue weighted by molar-refractivity contribution is 5.89. The molecule has 4 aliphatic rings. The fourth-order valence-electron chi connectivity index (χ4n) is 7.92. The number of hydrogen-bond donors (Lipinski definition) is 0. The Labute approximate surface area is 185 Å². The maximum Gasteiger partial charge on any atom is 0.303 e. The van der Waals surface area contributed by atoms with Crippen LogP contribution in [0.1, 0.15) is 80.1 Å². The van der Waals surface area contributed by atoms with Gasteiger partial charge in [0.25, 0.3) is 0 Å².